The van der Waals surface area contributed by atoms with E-state index in [9.17, 15) is 4.79 Å². The van der Waals surface area contributed by atoms with E-state index in [-0.39, 0.29) is 11.7 Å². The van der Waals surface area contributed by atoms with Crippen molar-refractivity contribution in [2.45, 2.75) is 26.0 Å². The van der Waals surface area contributed by atoms with Crippen molar-refractivity contribution in [1.82, 2.24) is 15.3 Å². The first-order valence-electron chi connectivity index (χ1n) is 6.03. The fourth-order valence-corrected chi connectivity index (χ4v) is 1.63. The van der Waals surface area contributed by atoms with Gasteiger partial charge in [-0.15, -0.1) is 0 Å². The average Bonchev–Trinajstić information content (AvgIpc) is 2.36. The molecule has 2 N–H and O–H groups in total. The van der Waals surface area contributed by atoms with Gasteiger partial charge < -0.3 is 19.8 Å². The van der Waals surface area contributed by atoms with Gasteiger partial charge in [0.25, 0.3) is 5.56 Å². The van der Waals surface area contributed by atoms with Gasteiger partial charge in [-0.25, -0.2) is 4.98 Å². The summed E-state index contributed by atoms with van der Waals surface area (Å²) in [5, 5.41) is 3.15. The Hall–Kier alpha value is -1.24. The summed E-state index contributed by atoms with van der Waals surface area (Å²) in [6.07, 6.45) is 0.594. The van der Waals surface area contributed by atoms with Crippen LogP contribution in [0.15, 0.2) is 10.9 Å². The lowest BCUT2D eigenvalue weighted by Crippen LogP contribution is -2.23. The summed E-state index contributed by atoms with van der Waals surface area (Å²) in [6.45, 7) is 3.88. The second kappa shape index (κ2) is 7.97. The van der Waals surface area contributed by atoms with Crippen LogP contribution in [0, 0.1) is 0 Å². The van der Waals surface area contributed by atoms with Crippen molar-refractivity contribution in [3.63, 3.8) is 0 Å². The van der Waals surface area contributed by atoms with E-state index in [1.165, 1.54) is 6.07 Å². The van der Waals surface area contributed by atoms with Gasteiger partial charge in [-0.3, -0.25) is 4.79 Å². The zero-order chi connectivity index (χ0) is 13.4. The minimum Gasteiger partial charge on any atom is -0.383 e. The lowest BCUT2D eigenvalue weighted by Gasteiger charge is -2.13. The highest BCUT2D eigenvalue weighted by Gasteiger charge is 2.11. The summed E-state index contributed by atoms with van der Waals surface area (Å²) in [7, 11) is 3.26. The Bertz CT molecular complexity index is 402. The molecule has 0 bridgehead atoms. The monoisotopic (exact) mass is 255 g/mol. The third-order valence-corrected chi connectivity index (χ3v) is 2.56. The molecule has 0 radical (unpaired) electrons. The third-order valence-electron chi connectivity index (χ3n) is 2.56. The fraction of sp³-hybridized carbons (Fsp3) is 0.667. The molecule has 0 aromatic carbocycles. The van der Waals surface area contributed by atoms with Crippen molar-refractivity contribution in [2.24, 2.45) is 0 Å². The van der Waals surface area contributed by atoms with Crippen LogP contribution < -0.4 is 10.9 Å². The van der Waals surface area contributed by atoms with E-state index in [1.807, 2.05) is 6.92 Å². The lowest BCUT2D eigenvalue weighted by molar-refractivity contribution is 0.0921. The molecule has 0 aliphatic rings. The third kappa shape index (κ3) is 4.56. The maximum Gasteiger partial charge on any atom is 0.251 e. The molecule has 0 aliphatic carbocycles. The van der Waals surface area contributed by atoms with Crippen molar-refractivity contribution in [3.05, 3.63) is 27.9 Å². The molecule has 1 aromatic rings. The molecule has 1 rings (SSSR count). The minimum atomic E-state index is -0.170. The molecule has 102 valence electrons. The molecule has 0 fully saturated rings. The Morgan fingerprint density at radius 1 is 1.50 bits per heavy atom. The Kier molecular flexibility index (Phi) is 6.56. The molecule has 1 atom stereocenters. The topological polar surface area (TPSA) is 76.2 Å². The largest absolute Gasteiger partial charge is 0.383 e. The summed E-state index contributed by atoms with van der Waals surface area (Å²) in [6, 6.07) is 1.49. The number of hydrogen-bond donors (Lipinski definition) is 2. The Labute approximate surface area is 107 Å². The van der Waals surface area contributed by atoms with Crippen LogP contribution in [0.5, 0.6) is 0 Å². The first-order valence-corrected chi connectivity index (χ1v) is 6.03. The smallest absolute Gasteiger partial charge is 0.251 e. The number of H-pyrrole nitrogens is 1. The van der Waals surface area contributed by atoms with Gasteiger partial charge in [-0.05, 0) is 6.42 Å². The van der Waals surface area contributed by atoms with E-state index >= 15 is 0 Å². The summed E-state index contributed by atoms with van der Waals surface area (Å²) < 4.78 is 10.2. The van der Waals surface area contributed by atoms with E-state index in [0.29, 0.717) is 24.7 Å². The second-order valence-corrected chi connectivity index (χ2v) is 3.92. The molecular formula is C12H21N3O3. The van der Waals surface area contributed by atoms with Crippen molar-refractivity contribution in [1.29, 1.82) is 0 Å². The van der Waals surface area contributed by atoms with Gasteiger partial charge >= 0.3 is 0 Å². The quantitative estimate of drug-likeness (QED) is 0.665. The standard InChI is InChI=1S/C12H21N3O3/c1-4-10(18-3)12-14-9(7-11(16)15-12)8-13-5-6-17-2/h7,10,13H,4-6,8H2,1-3H3,(H,14,15,16). The molecule has 1 unspecified atom stereocenters. The SMILES string of the molecule is CCC(OC)c1nc(CNCCOC)cc(=O)[nH]1. The number of rotatable bonds is 8. The van der Waals surface area contributed by atoms with Crippen LogP contribution in [0.3, 0.4) is 0 Å². The van der Waals surface area contributed by atoms with Crippen LogP contribution in [0.25, 0.3) is 0 Å². The predicted octanol–water partition coefficient (Wildman–Crippen LogP) is 0.603. The fourth-order valence-electron chi connectivity index (χ4n) is 1.63. The van der Waals surface area contributed by atoms with Crippen molar-refractivity contribution < 1.29 is 9.47 Å². The van der Waals surface area contributed by atoms with Gasteiger partial charge in [-0.2, -0.15) is 0 Å². The van der Waals surface area contributed by atoms with Crippen LogP contribution in [0.4, 0.5) is 0 Å². The molecule has 0 aliphatic heterocycles. The molecular weight excluding hydrogens is 234 g/mol. The van der Waals surface area contributed by atoms with Gasteiger partial charge in [0.1, 0.15) is 11.9 Å². The number of ether oxygens (including phenoxy) is 2. The Morgan fingerprint density at radius 2 is 2.28 bits per heavy atom. The number of aromatic amines is 1. The van der Waals surface area contributed by atoms with Gasteiger partial charge in [0.15, 0.2) is 0 Å². The molecule has 0 saturated carbocycles. The Balaban J connectivity index is 2.71. The van der Waals surface area contributed by atoms with Gasteiger partial charge in [0.2, 0.25) is 0 Å². The maximum atomic E-state index is 11.5. The second-order valence-electron chi connectivity index (χ2n) is 3.92. The van der Waals surface area contributed by atoms with Gasteiger partial charge in [0, 0.05) is 33.4 Å². The van der Waals surface area contributed by atoms with E-state index in [2.05, 4.69) is 15.3 Å². The van der Waals surface area contributed by atoms with E-state index in [0.717, 1.165) is 13.0 Å². The summed E-state index contributed by atoms with van der Waals surface area (Å²) in [5.74, 6) is 0.580. The number of methoxy groups -OCH3 is 2. The summed E-state index contributed by atoms with van der Waals surface area (Å²) in [4.78, 5) is 18.6. The highest BCUT2D eigenvalue weighted by Crippen LogP contribution is 2.14. The zero-order valence-electron chi connectivity index (χ0n) is 11.2. The molecule has 6 heteroatoms. The summed E-state index contributed by atoms with van der Waals surface area (Å²) in [5.41, 5.74) is 0.555. The normalized spacial score (nSPS) is 12.6. The number of nitrogens with one attached hydrogen (secondary N) is 2. The first-order chi connectivity index (χ1) is 8.71. The molecule has 0 saturated heterocycles. The maximum absolute atomic E-state index is 11.5. The zero-order valence-corrected chi connectivity index (χ0v) is 11.2. The van der Waals surface area contributed by atoms with Gasteiger partial charge in [0.05, 0.1) is 12.3 Å². The number of hydrogen-bond acceptors (Lipinski definition) is 5. The molecule has 6 nitrogen and oxygen atoms in total. The van der Waals surface area contributed by atoms with E-state index in [4.69, 9.17) is 9.47 Å². The van der Waals surface area contributed by atoms with Crippen LogP contribution in [0.1, 0.15) is 31.0 Å². The summed E-state index contributed by atoms with van der Waals surface area (Å²) >= 11 is 0. The highest BCUT2D eigenvalue weighted by atomic mass is 16.5. The highest BCUT2D eigenvalue weighted by molar-refractivity contribution is 5.04. The van der Waals surface area contributed by atoms with Crippen LogP contribution in [-0.2, 0) is 16.0 Å². The van der Waals surface area contributed by atoms with E-state index in [1.54, 1.807) is 14.2 Å². The molecule has 18 heavy (non-hydrogen) atoms. The minimum absolute atomic E-state index is 0.154. The number of nitrogens with zero attached hydrogens (tertiary/aromatic N) is 1. The van der Waals surface area contributed by atoms with Crippen molar-refractivity contribution >= 4 is 0 Å². The van der Waals surface area contributed by atoms with Crippen molar-refractivity contribution in [2.75, 3.05) is 27.4 Å². The first kappa shape index (κ1) is 14.8. The van der Waals surface area contributed by atoms with Crippen LogP contribution in [0.2, 0.25) is 0 Å². The van der Waals surface area contributed by atoms with Crippen molar-refractivity contribution in [3.8, 4) is 0 Å². The average molecular weight is 255 g/mol. The van der Waals surface area contributed by atoms with Crippen LogP contribution >= 0.6 is 0 Å². The Morgan fingerprint density at radius 3 is 2.89 bits per heavy atom. The molecule has 1 aromatic heterocycles. The lowest BCUT2D eigenvalue weighted by atomic mass is 10.2. The number of aromatic nitrogens is 2. The molecule has 0 spiro atoms. The predicted molar refractivity (Wildman–Crippen MR) is 68.5 cm³/mol. The van der Waals surface area contributed by atoms with E-state index < -0.39 is 0 Å². The molecule has 0 amide bonds. The van der Waals surface area contributed by atoms with Gasteiger partial charge in [-0.1, -0.05) is 6.92 Å². The van der Waals surface area contributed by atoms with Crippen LogP contribution in [-0.4, -0.2) is 37.3 Å². The molecule has 1 heterocycles.